The van der Waals surface area contributed by atoms with Gasteiger partial charge in [-0.25, -0.2) is 9.18 Å². The second kappa shape index (κ2) is 6.99. The molecule has 2 aromatic rings. The van der Waals surface area contributed by atoms with E-state index in [1.54, 1.807) is 30.3 Å². The first-order valence-corrected chi connectivity index (χ1v) is 6.77. The average Bonchev–Trinajstić information content (AvgIpc) is 2.52. The topological polar surface area (TPSA) is 38.3 Å². The summed E-state index contributed by atoms with van der Waals surface area (Å²) in [6.45, 7) is 2.45. The van der Waals surface area contributed by atoms with E-state index < -0.39 is 0 Å². The van der Waals surface area contributed by atoms with E-state index in [1.807, 2.05) is 19.1 Å². The molecule has 0 aromatic heterocycles. The molecule has 1 atom stereocenters. The van der Waals surface area contributed by atoms with E-state index in [-0.39, 0.29) is 17.8 Å². The Labute approximate surface area is 123 Å². The highest BCUT2D eigenvalue weighted by molar-refractivity contribution is 5.89. The summed E-state index contributed by atoms with van der Waals surface area (Å²) in [4.78, 5) is 11.5. The van der Waals surface area contributed by atoms with E-state index in [0.29, 0.717) is 17.7 Å². The smallest absolute Gasteiger partial charge is 0.337 e. The van der Waals surface area contributed by atoms with Gasteiger partial charge in [-0.3, -0.25) is 0 Å². The molecule has 0 amide bonds. The van der Waals surface area contributed by atoms with Crippen molar-refractivity contribution in [3.8, 4) is 0 Å². The Morgan fingerprint density at radius 3 is 2.71 bits per heavy atom. The van der Waals surface area contributed by atoms with Gasteiger partial charge in [-0.05, 0) is 30.7 Å². The molecule has 2 rings (SSSR count). The number of esters is 1. The Bertz CT molecular complexity index is 628. The van der Waals surface area contributed by atoms with E-state index in [4.69, 9.17) is 4.74 Å². The minimum atomic E-state index is -0.362. The van der Waals surface area contributed by atoms with E-state index >= 15 is 0 Å². The zero-order chi connectivity index (χ0) is 15.2. The number of ether oxygens (including phenoxy) is 1. The third-order valence-electron chi connectivity index (χ3n) is 3.33. The Hall–Kier alpha value is -2.20. The fourth-order valence-corrected chi connectivity index (χ4v) is 2.13. The number of benzene rings is 2. The molecule has 0 radical (unpaired) electrons. The summed E-state index contributed by atoms with van der Waals surface area (Å²) >= 11 is 0. The molecule has 0 aliphatic carbocycles. The van der Waals surface area contributed by atoms with Gasteiger partial charge in [0.05, 0.1) is 12.7 Å². The lowest BCUT2D eigenvalue weighted by molar-refractivity contribution is 0.0600. The average molecular weight is 287 g/mol. The van der Waals surface area contributed by atoms with Crippen LogP contribution in [0.1, 0.15) is 34.5 Å². The van der Waals surface area contributed by atoms with Gasteiger partial charge < -0.3 is 10.1 Å². The van der Waals surface area contributed by atoms with Crippen LogP contribution >= 0.6 is 0 Å². The van der Waals surface area contributed by atoms with Crippen LogP contribution in [0, 0.1) is 5.82 Å². The highest BCUT2D eigenvalue weighted by Gasteiger charge is 2.10. The lowest BCUT2D eigenvalue weighted by Gasteiger charge is -2.15. The first kappa shape index (κ1) is 15.2. The zero-order valence-corrected chi connectivity index (χ0v) is 12.1. The highest BCUT2D eigenvalue weighted by Crippen LogP contribution is 2.17. The highest BCUT2D eigenvalue weighted by atomic mass is 19.1. The molecule has 0 spiro atoms. The van der Waals surface area contributed by atoms with Crippen molar-refractivity contribution >= 4 is 5.97 Å². The van der Waals surface area contributed by atoms with Crippen LogP contribution in [0.5, 0.6) is 0 Å². The van der Waals surface area contributed by atoms with Gasteiger partial charge in [-0.15, -0.1) is 0 Å². The second-order valence-corrected chi connectivity index (χ2v) is 4.82. The minimum absolute atomic E-state index is 0.118. The van der Waals surface area contributed by atoms with Gasteiger partial charge in [0.1, 0.15) is 5.82 Å². The van der Waals surface area contributed by atoms with Crippen LogP contribution in [-0.2, 0) is 11.3 Å². The predicted molar refractivity (Wildman–Crippen MR) is 79.4 cm³/mol. The number of rotatable bonds is 5. The summed E-state index contributed by atoms with van der Waals surface area (Å²) in [7, 11) is 1.35. The zero-order valence-electron chi connectivity index (χ0n) is 12.1. The minimum Gasteiger partial charge on any atom is -0.465 e. The molecule has 0 saturated carbocycles. The molecular weight excluding hydrogens is 269 g/mol. The molecule has 0 bridgehead atoms. The van der Waals surface area contributed by atoms with Crippen molar-refractivity contribution < 1.29 is 13.9 Å². The van der Waals surface area contributed by atoms with Gasteiger partial charge in [0.15, 0.2) is 0 Å². The molecule has 3 nitrogen and oxygen atoms in total. The molecule has 21 heavy (non-hydrogen) atoms. The van der Waals surface area contributed by atoms with E-state index in [1.165, 1.54) is 13.2 Å². The maximum Gasteiger partial charge on any atom is 0.337 e. The molecule has 2 aromatic carbocycles. The molecule has 110 valence electrons. The summed E-state index contributed by atoms with van der Waals surface area (Å²) in [5.74, 6) is -0.584. The predicted octanol–water partition coefficient (Wildman–Crippen LogP) is 3.46. The molecule has 4 heteroatoms. The van der Waals surface area contributed by atoms with Crippen molar-refractivity contribution in [3.63, 3.8) is 0 Å². The molecule has 0 heterocycles. The standard InChI is InChI=1S/C17H18FNO2/c1-12(15-8-3-4-9-16(15)18)19-11-13-6-5-7-14(10-13)17(20)21-2/h3-10,12,19H,11H2,1-2H3/t12-/m0/s1. The fraction of sp³-hybridized carbons (Fsp3) is 0.235. The van der Waals surface area contributed by atoms with Crippen LogP contribution in [0.15, 0.2) is 48.5 Å². The lowest BCUT2D eigenvalue weighted by atomic mass is 10.1. The van der Waals surface area contributed by atoms with Crippen molar-refractivity contribution in [2.45, 2.75) is 19.5 Å². The van der Waals surface area contributed by atoms with Crippen LogP contribution in [0.25, 0.3) is 0 Å². The Morgan fingerprint density at radius 2 is 2.00 bits per heavy atom. The van der Waals surface area contributed by atoms with Gasteiger partial charge in [0.2, 0.25) is 0 Å². The first-order chi connectivity index (χ1) is 10.1. The third kappa shape index (κ3) is 3.89. The number of halogens is 1. The first-order valence-electron chi connectivity index (χ1n) is 6.77. The largest absolute Gasteiger partial charge is 0.465 e. The second-order valence-electron chi connectivity index (χ2n) is 4.82. The summed E-state index contributed by atoms with van der Waals surface area (Å²) in [6.07, 6.45) is 0. The summed E-state index contributed by atoms with van der Waals surface area (Å²) in [5, 5.41) is 3.25. The van der Waals surface area contributed by atoms with Crippen molar-refractivity contribution in [3.05, 3.63) is 71.0 Å². The summed E-state index contributed by atoms with van der Waals surface area (Å²) in [6, 6.07) is 13.8. The maximum atomic E-state index is 13.7. The molecule has 0 aliphatic rings. The number of methoxy groups -OCH3 is 1. The maximum absolute atomic E-state index is 13.7. The third-order valence-corrected chi connectivity index (χ3v) is 3.33. The van der Waals surface area contributed by atoms with Crippen molar-refractivity contribution in [2.24, 2.45) is 0 Å². The quantitative estimate of drug-likeness (QED) is 0.856. The van der Waals surface area contributed by atoms with E-state index in [0.717, 1.165) is 5.56 Å². The van der Waals surface area contributed by atoms with Crippen LogP contribution < -0.4 is 5.32 Å². The van der Waals surface area contributed by atoms with Crippen LogP contribution in [0.3, 0.4) is 0 Å². The Balaban J connectivity index is 2.03. The Kier molecular flexibility index (Phi) is 5.06. The van der Waals surface area contributed by atoms with Crippen molar-refractivity contribution in [1.29, 1.82) is 0 Å². The Morgan fingerprint density at radius 1 is 1.24 bits per heavy atom. The van der Waals surface area contributed by atoms with Gasteiger partial charge >= 0.3 is 5.97 Å². The van der Waals surface area contributed by atoms with Crippen LogP contribution in [-0.4, -0.2) is 13.1 Å². The molecule has 1 N–H and O–H groups in total. The van der Waals surface area contributed by atoms with Crippen LogP contribution in [0.2, 0.25) is 0 Å². The lowest BCUT2D eigenvalue weighted by Crippen LogP contribution is -2.19. The van der Waals surface area contributed by atoms with Gasteiger partial charge in [0.25, 0.3) is 0 Å². The number of carbonyl (C=O) groups excluding carboxylic acids is 1. The summed E-state index contributed by atoms with van der Waals surface area (Å²) in [5.41, 5.74) is 2.08. The van der Waals surface area contributed by atoms with E-state index in [2.05, 4.69) is 5.32 Å². The number of hydrogen-bond acceptors (Lipinski definition) is 3. The van der Waals surface area contributed by atoms with E-state index in [9.17, 15) is 9.18 Å². The number of carbonyl (C=O) groups is 1. The normalized spacial score (nSPS) is 12.0. The fourth-order valence-electron chi connectivity index (χ4n) is 2.13. The van der Waals surface area contributed by atoms with Gasteiger partial charge in [0, 0.05) is 18.2 Å². The molecular formula is C17H18FNO2. The SMILES string of the molecule is COC(=O)c1cccc(CN[C@@H](C)c2ccccc2F)c1. The van der Waals surface area contributed by atoms with Crippen molar-refractivity contribution in [1.82, 2.24) is 5.32 Å². The molecule has 0 fully saturated rings. The summed E-state index contributed by atoms with van der Waals surface area (Å²) < 4.78 is 18.4. The number of hydrogen-bond donors (Lipinski definition) is 1. The number of nitrogens with one attached hydrogen (secondary N) is 1. The molecule has 0 aliphatic heterocycles. The molecule has 0 saturated heterocycles. The van der Waals surface area contributed by atoms with Crippen molar-refractivity contribution in [2.75, 3.05) is 7.11 Å². The van der Waals surface area contributed by atoms with Gasteiger partial charge in [-0.1, -0.05) is 30.3 Å². The monoisotopic (exact) mass is 287 g/mol. The van der Waals surface area contributed by atoms with Gasteiger partial charge in [-0.2, -0.15) is 0 Å². The van der Waals surface area contributed by atoms with Crippen LogP contribution in [0.4, 0.5) is 4.39 Å². The molecule has 0 unspecified atom stereocenters.